The lowest BCUT2D eigenvalue weighted by molar-refractivity contribution is 0.467. The van der Waals surface area contributed by atoms with Crippen molar-refractivity contribution in [2.45, 2.75) is 18.2 Å². The van der Waals surface area contributed by atoms with Crippen LogP contribution < -0.4 is 15.6 Å². The predicted molar refractivity (Wildman–Crippen MR) is 78.1 cm³/mol. The zero-order chi connectivity index (χ0) is 14.8. The van der Waals surface area contributed by atoms with Gasteiger partial charge in [0.2, 0.25) is 10.0 Å². The van der Waals surface area contributed by atoms with Crippen LogP contribution in [0.2, 0.25) is 0 Å². The summed E-state index contributed by atoms with van der Waals surface area (Å²) in [6.07, 6.45) is 0.921. The number of nitrogen functional groups attached to an aromatic ring is 1. The van der Waals surface area contributed by atoms with Gasteiger partial charge in [-0.3, -0.25) is 0 Å². The Balaban J connectivity index is 2.38. The van der Waals surface area contributed by atoms with Crippen molar-refractivity contribution in [1.29, 1.82) is 0 Å². The summed E-state index contributed by atoms with van der Waals surface area (Å²) in [5.74, 6) is 0.697. The molecule has 5 nitrogen and oxygen atoms in total. The third kappa shape index (κ3) is 3.28. The van der Waals surface area contributed by atoms with E-state index in [2.05, 4.69) is 6.92 Å². The van der Waals surface area contributed by atoms with E-state index in [0.29, 0.717) is 11.4 Å². The maximum absolute atomic E-state index is 11.5. The second-order valence-electron chi connectivity index (χ2n) is 4.35. The lowest BCUT2D eigenvalue weighted by atomic mass is 10.2. The Labute approximate surface area is 118 Å². The Hall–Kier alpha value is -2.05. The van der Waals surface area contributed by atoms with Crippen molar-refractivity contribution in [2.24, 2.45) is 5.14 Å². The average Bonchev–Trinajstić information content (AvgIpc) is 2.40. The highest BCUT2D eigenvalue weighted by atomic mass is 32.2. The highest BCUT2D eigenvalue weighted by Gasteiger charge is 2.16. The van der Waals surface area contributed by atoms with Crippen molar-refractivity contribution in [2.75, 3.05) is 5.73 Å². The Morgan fingerprint density at radius 3 is 2.30 bits per heavy atom. The first-order valence-electron chi connectivity index (χ1n) is 6.09. The molecule has 2 aromatic carbocycles. The summed E-state index contributed by atoms with van der Waals surface area (Å²) in [6, 6.07) is 11.7. The van der Waals surface area contributed by atoms with Crippen LogP contribution in [0.1, 0.15) is 12.5 Å². The van der Waals surface area contributed by atoms with E-state index in [4.69, 9.17) is 15.6 Å². The normalized spacial score (nSPS) is 11.3. The first kappa shape index (κ1) is 14.4. The SMILES string of the molecule is CCc1ccc(Oc2ccc(N)cc2S(N)(=O)=O)cc1. The van der Waals surface area contributed by atoms with Gasteiger partial charge in [-0.15, -0.1) is 0 Å². The molecule has 0 bridgehead atoms. The van der Waals surface area contributed by atoms with Gasteiger partial charge < -0.3 is 10.5 Å². The summed E-state index contributed by atoms with van der Waals surface area (Å²) in [5, 5.41) is 5.16. The van der Waals surface area contributed by atoms with Crippen LogP contribution in [0.4, 0.5) is 5.69 Å². The number of sulfonamides is 1. The molecule has 0 aromatic heterocycles. The number of nitrogens with two attached hydrogens (primary N) is 2. The third-order valence-electron chi connectivity index (χ3n) is 2.83. The second kappa shape index (κ2) is 5.52. The molecule has 0 saturated carbocycles. The van der Waals surface area contributed by atoms with Gasteiger partial charge in [0.25, 0.3) is 0 Å². The van der Waals surface area contributed by atoms with Gasteiger partial charge >= 0.3 is 0 Å². The quantitative estimate of drug-likeness (QED) is 0.845. The molecule has 20 heavy (non-hydrogen) atoms. The minimum atomic E-state index is -3.89. The van der Waals surface area contributed by atoms with Crippen LogP contribution in [0.15, 0.2) is 47.4 Å². The molecule has 6 heteroatoms. The third-order valence-corrected chi connectivity index (χ3v) is 3.77. The molecule has 0 unspecified atom stereocenters. The van der Waals surface area contributed by atoms with E-state index in [-0.39, 0.29) is 10.6 Å². The van der Waals surface area contributed by atoms with Gasteiger partial charge in [-0.1, -0.05) is 19.1 Å². The summed E-state index contributed by atoms with van der Waals surface area (Å²) in [4.78, 5) is -0.128. The van der Waals surface area contributed by atoms with Crippen LogP contribution in [-0.2, 0) is 16.4 Å². The lowest BCUT2D eigenvalue weighted by Gasteiger charge is -2.11. The molecule has 0 aliphatic carbocycles. The van der Waals surface area contributed by atoms with E-state index < -0.39 is 10.0 Å². The van der Waals surface area contributed by atoms with Crippen molar-refractivity contribution in [3.63, 3.8) is 0 Å². The average molecular weight is 292 g/mol. The molecule has 4 N–H and O–H groups in total. The molecule has 0 aliphatic rings. The van der Waals surface area contributed by atoms with E-state index in [0.717, 1.165) is 6.42 Å². The Kier molecular flexibility index (Phi) is 3.96. The van der Waals surface area contributed by atoms with E-state index >= 15 is 0 Å². The van der Waals surface area contributed by atoms with Gasteiger partial charge in [-0.05, 0) is 42.3 Å². The van der Waals surface area contributed by atoms with Crippen molar-refractivity contribution >= 4 is 15.7 Å². The molecule has 2 aromatic rings. The summed E-state index contributed by atoms with van der Waals surface area (Å²) in [5.41, 5.74) is 7.06. The van der Waals surface area contributed by atoms with E-state index in [1.165, 1.54) is 17.7 Å². The molecule has 0 heterocycles. The zero-order valence-corrected chi connectivity index (χ0v) is 11.9. The number of benzene rings is 2. The van der Waals surface area contributed by atoms with Crippen LogP contribution in [0, 0.1) is 0 Å². The van der Waals surface area contributed by atoms with E-state index in [1.54, 1.807) is 18.2 Å². The molecule has 0 amide bonds. The number of hydrogen-bond donors (Lipinski definition) is 2. The molecule has 2 rings (SSSR count). The smallest absolute Gasteiger partial charge is 0.241 e. The minimum absolute atomic E-state index is 0.128. The maximum atomic E-state index is 11.5. The summed E-state index contributed by atoms with van der Waals surface area (Å²) >= 11 is 0. The van der Waals surface area contributed by atoms with E-state index in [1.807, 2.05) is 12.1 Å². The highest BCUT2D eigenvalue weighted by molar-refractivity contribution is 7.89. The monoisotopic (exact) mass is 292 g/mol. The van der Waals surface area contributed by atoms with Crippen LogP contribution in [0.25, 0.3) is 0 Å². The van der Waals surface area contributed by atoms with Crippen LogP contribution in [-0.4, -0.2) is 8.42 Å². The second-order valence-corrected chi connectivity index (χ2v) is 5.88. The zero-order valence-electron chi connectivity index (χ0n) is 11.0. The summed E-state index contributed by atoms with van der Waals surface area (Å²) in [7, 11) is -3.89. The van der Waals surface area contributed by atoms with Gasteiger partial charge in [0.15, 0.2) is 0 Å². The minimum Gasteiger partial charge on any atom is -0.456 e. The van der Waals surface area contributed by atoms with Crippen LogP contribution in [0.5, 0.6) is 11.5 Å². The number of rotatable bonds is 4. The molecule has 0 aliphatic heterocycles. The summed E-state index contributed by atoms with van der Waals surface area (Å²) < 4.78 is 28.7. The molecule has 0 fully saturated rings. The molecule has 0 radical (unpaired) electrons. The lowest BCUT2D eigenvalue weighted by Crippen LogP contribution is -2.13. The first-order valence-corrected chi connectivity index (χ1v) is 7.64. The standard InChI is InChI=1S/C14H16N2O3S/c1-2-10-3-6-12(7-4-10)19-13-8-5-11(15)9-14(13)20(16,17)18/h3-9H,2,15H2,1H3,(H2,16,17,18). The van der Waals surface area contributed by atoms with Crippen molar-refractivity contribution in [3.05, 3.63) is 48.0 Å². The fourth-order valence-electron chi connectivity index (χ4n) is 1.75. The summed E-state index contributed by atoms with van der Waals surface area (Å²) in [6.45, 7) is 2.05. The van der Waals surface area contributed by atoms with E-state index in [9.17, 15) is 8.42 Å². The fraction of sp³-hybridized carbons (Fsp3) is 0.143. The predicted octanol–water partition coefficient (Wildman–Crippen LogP) is 2.27. The fourth-order valence-corrected chi connectivity index (χ4v) is 2.44. The van der Waals surface area contributed by atoms with Crippen molar-refractivity contribution in [3.8, 4) is 11.5 Å². The van der Waals surface area contributed by atoms with Crippen LogP contribution in [0.3, 0.4) is 0 Å². The molecular formula is C14H16N2O3S. The molecular weight excluding hydrogens is 276 g/mol. The Morgan fingerprint density at radius 1 is 1.10 bits per heavy atom. The number of hydrogen-bond acceptors (Lipinski definition) is 4. The number of aryl methyl sites for hydroxylation is 1. The molecule has 0 saturated heterocycles. The number of primary sulfonamides is 1. The Bertz CT molecular complexity index is 710. The number of anilines is 1. The van der Waals surface area contributed by atoms with Crippen molar-refractivity contribution < 1.29 is 13.2 Å². The largest absolute Gasteiger partial charge is 0.456 e. The van der Waals surface area contributed by atoms with Gasteiger partial charge in [-0.25, -0.2) is 13.6 Å². The first-order chi connectivity index (χ1) is 9.40. The maximum Gasteiger partial charge on any atom is 0.241 e. The van der Waals surface area contributed by atoms with Gasteiger partial charge in [-0.2, -0.15) is 0 Å². The van der Waals surface area contributed by atoms with Gasteiger partial charge in [0.1, 0.15) is 16.4 Å². The van der Waals surface area contributed by atoms with Gasteiger partial charge in [0, 0.05) is 5.69 Å². The van der Waals surface area contributed by atoms with Gasteiger partial charge in [0.05, 0.1) is 0 Å². The molecule has 0 atom stereocenters. The Morgan fingerprint density at radius 2 is 1.75 bits per heavy atom. The molecule has 0 spiro atoms. The molecule has 106 valence electrons. The number of ether oxygens (including phenoxy) is 1. The highest BCUT2D eigenvalue weighted by Crippen LogP contribution is 2.29. The van der Waals surface area contributed by atoms with Crippen molar-refractivity contribution in [1.82, 2.24) is 0 Å². The van der Waals surface area contributed by atoms with Crippen LogP contribution >= 0.6 is 0 Å². The topological polar surface area (TPSA) is 95.4 Å².